The maximum Gasteiger partial charge on any atom is 0.222 e. The smallest absolute Gasteiger partial charge is 0.222 e. The molecule has 0 aliphatic rings. The van der Waals surface area contributed by atoms with E-state index in [2.05, 4.69) is 15.4 Å². The zero-order chi connectivity index (χ0) is 15.9. The van der Waals surface area contributed by atoms with Crippen LogP contribution in [-0.4, -0.2) is 46.2 Å². The molecule has 6 heteroatoms. The average Bonchev–Trinajstić information content (AvgIpc) is 3.08. The van der Waals surface area contributed by atoms with Crippen LogP contribution in [0.3, 0.4) is 0 Å². The summed E-state index contributed by atoms with van der Waals surface area (Å²) >= 11 is 0. The molecule has 0 saturated carbocycles. The molecule has 6 nitrogen and oxygen atoms in total. The van der Waals surface area contributed by atoms with Crippen LogP contribution in [0.25, 0.3) is 5.69 Å². The molecule has 1 aromatic carbocycles. The van der Waals surface area contributed by atoms with Crippen molar-refractivity contribution in [1.29, 1.82) is 0 Å². The van der Waals surface area contributed by atoms with Crippen molar-refractivity contribution in [2.75, 3.05) is 20.6 Å². The van der Waals surface area contributed by atoms with E-state index < -0.39 is 0 Å². The van der Waals surface area contributed by atoms with Gasteiger partial charge < -0.3 is 10.2 Å². The fraction of sp³-hybridized carbons (Fsp3) is 0.438. The number of nitrogens with zero attached hydrogens (tertiary/aromatic N) is 4. The summed E-state index contributed by atoms with van der Waals surface area (Å²) in [5, 5.41) is 7.16. The van der Waals surface area contributed by atoms with E-state index in [0.29, 0.717) is 6.42 Å². The zero-order valence-electron chi connectivity index (χ0n) is 13.4. The molecule has 2 rings (SSSR count). The molecule has 1 heterocycles. The van der Waals surface area contributed by atoms with Crippen molar-refractivity contribution >= 4 is 5.91 Å². The van der Waals surface area contributed by atoms with E-state index in [0.717, 1.165) is 24.2 Å². The van der Waals surface area contributed by atoms with Crippen LogP contribution in [-0.2, 0) is 4.79 Å². The predicted molar refractivity (Wildman–Crippen MR) is 85.7 cm³/mol. The Morgan fingerprint density at radius 2 is 2.09 bits per heavy atom. The lowest BCUT2D eigenvalue weighted by atomic mass is 10.1. The number of aromatic nitrogens is 3. The van der Waals surface area contributed by atoms with Gasteiger partial charge in [0, 0.05) is 13.5 Å². The highest BCUT2D eigenvalue weighted by atomic mass is 16.2. The predicted octanol–water partition coefficient (Wildman–Crippen LogP) is 1.79. The van der Waals surface area contributed by atoms with Crippen LogP contribution in [0.15, 0.2) is 36.9 Å². The Hall–Kier alpha value is -2.21. The van der Waals surface area contributed by atoms with Crippen LogP contribution in [0, 0.1) is 0 Å². The van der Waals surface area contributed by atoms with Crippen molar-refractivity contribution < 1.29 is 4.79 Å². The van der Waals surface area contributed by atoms with E-state index in [1.54, 1.807) is 15.9 Å². The average molecular weight is 301 g/mol. The van der Waals surface area contributed by atoms with Crippen LogP contribution in [0.5, 0.6) is 0 Å². The molecule has 1 atom stereocenters. The van der Waals surface area contributed by atoms with E-state index in [9.17, 15) is 4.79 Å². The lowest BCUT2D eigenvalue weighted by Crippen LogP contribution is -2.30. The van der Waals surface area contributed by atoms with Gasteiger partial charge in [-0.25, -0.2) is 9.67 Å². The van der Waals surface area contributed by atoms with Crippen molar-refractivity contribution in [2.24, 2.45) is 0 Å². The second-order valence-electron chi connectivity index (χ2n) is 5.32. The fourth-order valence-corrected chi connectivity index (χ4v) is 2.28. The number of carbonyl (C=O) groups is 1. The summed E-state index contributed by atoms with van der Waals surface area (Å²) in [6, 6.07) is 8.07. The van der Waals surface area contributed by atoms with Crippen LogP contribution in [0.1, 0.15) is 31.4 Å². The third kappa shape index (κ3) is 3.92. The first kappa shape index (κ1) is 16.2. The Bertz CT molecular complexity index is 579. The van der Waals surface area contributed by atoms with E-state index in [1.165, 1.54) is 6.33 Å². The number of carbonyl (C=O) groups excluding carboxylic acids is 1. The van der Waals surface area contributed by atoms with Gasteiger partial charge in [0.2, 0.25) is 5.91 Å². The summed E-state index contributed by atoms with van der Waals surface area (Å²) in [6.07, 6.45) is 4.60. The molecule has 0 radical (unpaired) electrons. The number of benzene rings is 1. The van der Waals surface area contributed by atoms with Gasteiger partial charge in [-0.2, -0.15) is 5.10 Å². The van der Waals surface area contributed by atoms with Crippen molar-refractivity contribution in [3.05, 3.63) is 42.5 Å². The molecule has 2 aromatic rings. The first-order valence-electron chi connectivity index (χ1n) is 7.48. The van der Waals surface area contributed by atoms with E-state index in [-0.39, 0.29) is 11.9 Å². The minimum absolute atomic E-state index is 0.0480. The molecule has 1 amide bonds. The summed E-state index contributed by atoms with van der Waals surface area (Å²) in [5.74, 6) is 0.170. The van der Waals surface area contributed by atoms with Gasteiger partial charge in [0.15, 0.2) is 0 Å². The first-order valence-corrected chi connectivity index (χ1v) is 7.48. The van der Waals surface area contributed by atoms with Crippen molar-refractivity contribution in [3.8, 4) is 5.69 Å². The quantitative estimate of drug-likeness (QED) is 0.792. The summed E-state index contributed by atoms with van der Waals surface area (Å²) in [5.41, 5.74) is 2.06. The van der Waals surface area contributed by atoms with Crippen LogP contribution >= 0.6 is 0 Å². The number of hydrogen-bond donors (Lipinski definition) is 1. The van der Waals surface area contributed by atoms with Gasteiger partial charge in [-0.05, 0) is 44.6 Å². The largest absolute Gasteiger partial charge is 0.339 e. The number of hydrogen-bond acceptors (Lipinski definition) is 4. The Balaban J connectivity index is 1.99. The topological polar surface area (TPSA) is 63.1 Å². The normalized spacial score (nSPS) is 12.1. The Morgan fingerprint density at radius 3 is 2.68 bits per heavy atom. The highest BCUT2D eigenvalue weighted by Crippen LogP contribution is 2.21. The maximum atomic E-state index is 12.2. The number of amides is 1. The molecule has 0 saturated heterocycles. The summed E-state index contributed by atoms with van der Waals surface area (Å²) in [4.78, 5) is 17.9. The molecular formula is C16H23N5O. The standard InChI is InChI=1S/C16H23N5O/c1-13(20(3)16(22)5-4-10-17-2)14-6-8-15(9-7-14)21-12-18-11-19-21/h6-9,11-13,17H,4-5,10H2,1-3H3. The lowest BCUT2D eigenvalue weighted by molar-refractivity contribution is -0.131. The lowest BCUT2D eigenvalue weighted by Gasteiger charge is -2.25. The third-order valence-corrected chi connectivity index (χ3v) is 3.85. The maximum absolute atomic E-state index is 12.2. The van der Waals surface area contributed by atoms with Gasteiger partial charge in [-0.3, -0.25) is 4.79 Å². The molecule has 0 aliphatic heterocycles. The summed E-state index contributed by atoms with van der Waals surface area (Å²) in [6.45, 7) is 2.90. The highest BCUT2D eigenvalue weighted by Gasteiger charge is 2.16. The Labute approximate surface area is 131 Å². The van der Waals surface area contributed by atoms with E-state index >= 15 is 0 Å². The van der Waals surface area contributed by atoms with Gasteiger partial charge in [0.25, 0.3) is 0 Å². The van der Waals surface area contributed by atoms with Crippen LogP contribution in [0.2, 0.25) is 0 Å². The van der Waals surface area contributed by atoms with Crippen molar-refractivity contribution in [3.63, 3.8) is 0 Å². The molecule has 118 valence electrons. The molecule has 22 heavy (non-hydrogen) atoms. The Morgan fingerprint density at radius 1 is 1.36 bits per heavy atom. The SMILES string of the molecule is CNCCCC(=O)N(C)C(C)c1ccc(-n2cncn2)cc1. The second-order valence-corrected chi connectivity index (χ2v) is 5.32. The molecule has 1 unspecified atom stereocenters. The molecule has 0 bridgehead atoms. The number of nitrogens with one attached hydrogen (secondary N) is 1. The van der Waals surface area contributed by atoms with Gasteiger partial charge in [-0.1, -0.05) is 12.1 Å². The molecular weight excluding hydrogens is 278 g/mol. The van der Waals surface area contributed by atoms with Crippen molar-refractivity contribution in [2.45, 2.75) is 25.8 Å². The summed E-state index contributed by atoms with van der Waals surface area (Å²) in [7, 11) is 3.76. The summed E-state index contributed by atoms with van der Waals surface area (Å²) < 4.78 is 1.71. The van der Waals surface area contributed by atoms with E-state index in [4.69, 9.17) is 0 Å². The fourth-order valence-electron chi connectivity index (χ4n) is 2.28. The van der Waals surface area contributed by atoms with Crippen molar-refractivity contribution in [1.82, 2.24) is 25.0 Å². The minimum atomic E-state index is 0.0480. The molecule has 0 aliphatic carbocycles. The van der Waals surface area contributed by atoms with E-state index in [1.807, 2.05) is 45.3 Å². The molecule has 0 spiro atoms. The molecule has 0 fully saturated rings. The molecule has 1 aromatic heterocycles. The van der Waals surface area contributed by atoms with Gasteiger partial charge >= 0.3 is 0 Å². The monoisotopic (exact) mass is 301 g/mol. The van der Waals surface area contributed by atoms with Gasteiger partial charge in [-0.15, -0.1) is 0 Å². The highest BCUT2D eigenvalue weighted by molar-refractivity contribution is 5.76. The second kappa shape index (κ2) is 7.70. The zero-order valence-corrected chi connectivity index (χ0v) is 13.4. The Kier molecular flexibility index (Phi) is 5.66. The van der Waals surface area contributed by atoms with Gasteiger partial charge in [0.1, 0.15) is 12.7 Å². The first-order chi connectivity index (χ1) is 10.6. The number of rotatable bonds is 7. The molecule has 1 N–H and O–H groups in total. The third-order valence-electron chi connectivity index (χ3n) is 3.85. The minimum Gasteiger partial charge on any atom is -0.339 e. The van der Waals surface area contributed by atoms with Crippen LogP contribution in [0.4, 0.5) is 0 Å². The van der Waals surface area contributed by atoms with Gasteiger partial charge in [0.05, 0.1) is 11.7 Å². The van der Waals surface area contributed by atoms with Crippen LogP contribution < -0.4 is 5.32 Å².